The number of hydrogen-bond acceptors (Lipinski definition) is 2. The predicted molar refractivity (Wildman–Crippen MR) is 74.5 cm³/mol. The fourth-order valence-corrected chi connectivity index (χ4v) is 3.15. The topological polar surface area (TPSA) is 35.2 Å². The minimum Gasteiger partial charge on any atom is -0.496 e. The quantitative estimate of drug-likeness (QED) is 0.901. The molecule has 1 fully saturated rings. The van der Waals surface area contributed by atoms with Gasteiger partial charge in [0, 0.05) is 21.1 Å². The van der Waals surface area contributed by atoms with Gasteiger partial charge in [-0.25, -0.2) is 0 Å². The second-order valence-electron chi connectivity index (χ2n) is 5.08. The van der Waals surface area contributed by atoms with Gasteiger partial charge in [0.2, 0.25) is 0 Å². The Morgan fingerprint density at radius 3 is 2.41 bits per heavy atom. The summed E-state index contributed by atoms with van der Waals surface area (Å²) in [6.07, 6.45) is 4.55. The lowest BCUT2D eigenvalue weighted by atomic mass is 9.86. The Balaban J connectivity index is 2.60. The van der Waals surface area contributed by atoms with E-state index < -0.39 is 0 Å². The zero-order chi connectivity index (χ0) is 12.6. The summed E-state index contributed by atoms with van der Waals surface area (Å²) in [4.78, 5) is 0. The molecule has 0 heterocycles. The molecule has 0 spiro atoms. The zero-order valence-corrected chi connectivity index (χ0v) is 12.4. The smallest absolute Gasteiger partial charge is 0.127 e. The van der Waals surface area contributed by atoms with Gasteiger partial charge in [0.15, 0.2) is 0 Å². The molecule has 1 aromatic rings. The Morgan fingerprint density at radius 1 is 1.29 bits per heavy atom. The molecule has 0 aliphatic heterocycles. The molecule has 0 radical (unpaired) electrons. The molecule has 2 N–H and O–H groups in total. The normalized spacial score (nSPS) is 18.4. The van der Waals surface area contributed by atoms with Gasteiger partial charge in [0.1, 0.15) is 5.75 Å². The second kappa shape index (κ2) is 4.62. The van der Waals surface area contributed by atoms with Crippen molar-refractivity contribution in [1.82, 2.24) is 0 Å². The van der Waals surface area contributed by atoms with Gasteiger partial charge in [-0.15, -0.1) is 0 Å². The molecular formula is C14H20BrNO. The lowest BCUT2D eigenvalue weighted by Crippen LogP contribution is -2.33. The maximum atomic E-state index is 6.55. The highest BCUT2D eigenvalue weighted by atomic mass is 79.9. The van der Waals surface area contributed by atoms with Crippen molar-refractivity contribution in [3.05, 3.63) is 27.2 Å². The highest BCUT2D eigenvalue weighted by Gasteiger charge is 2.34. The number of ether oxygens (including phenoxy) is 1. The van der Waals surface area contributed by atoms with Crippen LogP contribution in [0.1, 0.15) is 42.4 Å². The first-order valence-electron chi connectivity index (χ1n) is 6.12. The number of halogens is 1. The van der Waals surface area contributed by atoms with Crippen LogP contribution in [-0.4, -0.2) is 7.11 Å². The number of nitrogens with two attached hydrogens (primary N) is 1. The average Bonchev–Trinajstić information content (AvgIpc) is 2.74. The van der Waals surface area contributed by atoms with E-state index in [4.69, 9.17) is 10.5 Å². The molecule has 0 saturated heterocycles. The van der Waals surface area contributed by atoms with Gasteiger partial charge in [-0.3, -0.25) is 0 Å². The summed E-state index contributed by atoms with van der Waals surface area (Å²) < 4.78 is 6.70. The second-order valence-corrected chi connectivity index (χ2v) is 5.87. The summed E-state index contributed by atoms with van der Waals surface area (Å²) in [5, 5.41) is 0. The molecule has 1 saturated carbocycles. The standard InChI is InChI=1S/C14H20BrNO/c1-9-8-11(14(16)6-4-5-7-14)13(17-3)10(2)12(9)15/h8H,4-7,16H2,1-3H3. The van der Waals surface area contributed by atoms with Gasteiger partial charge in [-0.2, -0.15) is 0 Å². The first kappa shape index (κ1) is 12.9. The van der Waals surface area contributed by atoms with Crippen molar-refractivity contribution in [3.8, 4) is 5.75 Å². The molecule has 0 aromatic heterocycles. The van der Waals surface area contributed by atoms with Crippen LogP contribution >= 0.6 is 15.9 Å². The van der Waals surface area contributed by atoms with Crippen LogP contribution in [-0.2, 0) is 5.54 Å². The molecule has 0 unspecified atom stereocenters. The summed E-state index contributed by atoms with van der Waals surface area (Å²) in [5.74, 6) is 0.951. The third-order valence-electron chi connectivity index (χ3n) is 3.86. The molecule has 2 rings (SSSR count). The minimum atomic E-state index is -0.193. The van der Waals surface area contributed by atoms with E-state index in [0.29, 0.717) is 0 Å². The maximum absolute atomic E-state index is 6.55. The number of benzene rings is 1. The van der Waals surface area contributed by atoms with Crippen molar-refractivity contribution >= 4 is 15.9 Å². The Labute approximate surface area is 112 Å². The van der Waals surface area contributed by atoms with Crippen LogP contribution in [0.15, 0.2) is 10.5 Å². The number of aryl methyl sites for hydroxylation is 1. The van der Waals surface area contributed by atoms with Gasteiger partial charge < -0.3 is 10.5 Å². The van der Waals surface area contributed by atoms with Crippen molar-refractivity contribution in [2.75, 3.05) is 7.11 Å². The minimum absolute atomic E-state index is 0.193. The summed E-state index contributed by atoms with van der Waals surface area (Å²) in [6.45, 7) is 4.19. The van der Waals surface area contributed by atoms with Crippen molar-refractivity contribution in [3.63, 3.8) is 0 Å². The Bertz CT molecular complexity index is 436. The molecule has 0 bridgehead atoms. The van der Waals surface area contributed by atoms with E-state index in [0.717, 1.165) is 28.6 Å². The third-order valence-corrected chi connectivity index (χ3v) is 5.08. The SMILES string of the molecule is COc1c(C2(N)CCCC2)cc(C)c(Br)c1C. The van der Waals surface area contributed by atoms with E-state index >= 15 is 0 Å². The van der Waals surface area contributed by atoms with Crippen molar-refractivity contribution < 1.29 is 4.74 Å². The van der Waals surface area contributed by atoms with Crippen LogP contribution < -0.4 is 10.5 Å². The Morgan fingerprint density at radius 2 is 1.88 bits per heavy atom. The van der Waals surface area contributed by atoms with E-state index in [-0.39, 0.29) is 5.54 Å². The first-order chi connectivity index (χ1) is 7.99. The fraction of sp³-hybridized carbons (Fsp3) is 0.571. The van der Waals surface area contributed by atoms with Crippen LogP contribution in [0, 0.1) is 13.8 Å². The maximum Gasteiger partial charge on any atom is 0.127 e. The molecule has 2 nitrogen and oxygen atoms in total. The molecule has 1 aliphatic rings. The van der Waals surface area contributed by atoms with Crippen LogP contribution in [0.5, 0.6) is 5.75 Å². The third kappa shape index (κ3) is 2.11. The zero-order valence-electron chi connectivity index (χ0n) is 10.8. The van der Waals surface area contributed by atoms with Crippen molar-refractivity contribution in [2.24, 2.45) is 5.73 Å². The van der Waals surface area contributed by atoms with Crippen molar-refractivity contribution in [2.45, 2.75) is 45.1 Å². The number of methoxy groups -OCH3 is 1. The average molecular weight is 298 g/mol. The summed E-state index contributed by atoms with van der Waals surface area (Å²) in [7, 11) is 1.73. The highest BCUT2D eigenvalue weighted by molar-refractivity contribution is 9.10. The molecule has 3 heteroatoms. The Kier molecular flexibility index (Phi) is 3.50. The summed E-state index contributed by atoms with van der Waals surface area (Å²) >= 11 is 3.61. The molecule has 0 amide bonds. The lowest BCUT2D eigenvalue weighted by molar-refractivity contribution is 0.376. The van der Waals surface area contributed by atoms with Gasteiger partial charge in [0.05, 0.1) is 7.11 Å². The van der Waals surface area contributed by atoms with E-state index in [9.17, 15) is 0 Å². The van der Waals surface area contributed by atoms with Gasteiger partial charge in [-0.05, 0) is 38.3 Å². The van der Waals surface area contributed by atoms with Crippen LogP contribution in [0.2, 0.25) is 0 Å². The van der Waals surface area contributed by atoms with E-state index in [1.807, 2.05) is 0 Å². The van der Waals surface area contributed by atoms with Crippen LogP contribution in [0.25, 0.3) is 0 Å². The number of rotatable bonds is 2. The van der Waals surface area contributed by atoms with Crippen LogP contribution in [0.4, 0.5) is 0 Å². The van der Waals surface area contributed by atoms with E-state index in [1.54, 1.807) is 7.11 Å². The highest BCUT2D eigenvalue weighted by Crippen LogP contribution is 2.44. The Hall–Kier alpha value is -0.540. The number of hydrogen-bond donors (Lipinski definition) is 1. The monoisotopic (exact) mass is 297 g/mol. The summed E-state index contributed by atoms with van der Waals surface area (Å²) in [6, 6.07) is 2.18. The van der Waals surface area contributed by atoms with Crippen LogP contribution in [0.3, 0.4) is 0 Å². The van der Waals surface area contributed by atoms with Crippen molar-refractivity contribution in [1.29, 1.82) is 0 Å². The summed E-state index contributed by atoms with van der Waals surface area (Å²) in [5.41, 5.74) is 9.92. The fourth-order valence-electron chi connectivity index (χ4n) is 2.85. The van der Waals surface area contributed by atoms with Gasteiger partial charge in [-0.1, -0.05) is 28.8 Å². The molecule has 17 heavy (non-hydrogen) atoms. The molecule has 1 aromatic carbocycles. The molecular weight excluding hydrogens is 278 g/mol. The van der Waals surface area contributed by atoms with Gasteiger partial charge >= 0.3 is 0 Å². The molecule has 1 aliphatic carbocycles. The van der Waals surface area contributed by atoms with Gasteiger partial charge in [0.25, 0.3) is 0 Å². The van der Waals surface area contributed by atoms with E-state index in [1.165, 1.54) is 24.0 Å². The first-order valence-corrected chi connectivity index (χ1v) is 6.92. The largest absolute Gasteiger partial charge is 0.496 e. The molecule has 0 atom stereocenters. The predicted octanol–water partition coefficient (Wildman–Crippen LogP) is 3.80. The van der Waals surface area contributed by atoms with E-state index in [2.05, 4.69) is 35.8 Å². The lowest BCUT2D eigenvalue weighted by Gasteiger charge is -2.28. The molecule has 94 valence electrons.